The van der Waals surface area contributed by atoms with E-state index in [1.54, 1.807) is 0 Å². The second kappa shape index (κ2) is 4.91. The highest BCUT2D eigenvalue weighted by Gasteiger charge is 2.14. The molecule has 17 heavy (non-hydrogen) atoms. The molecule has 1 heterocycles. The van der Waals surface area contributed by atoms with E-state index in [-0.39, 0.29) is 0 Å². The molecule has 2 aromatic rings. The van der Waals surface area contributed by atoms with E-state index in [2.05, 4.69) is 17.1 Å². The Hall–Kier alpha value is -1.97. The average Bonchev–Trinajstić information content (AvgIpc) is 2.71. The SMILES string of the molecule is CCOc1ccccc1-c1[nH]nc(N)c1CC. The molecule has 0 aliphatic heterocycles. The third-order valence-corrected chi connectivity index (χ3v) is 2.71. The van der Waals surface area contributed by atoms with Crippen molar-refractivity contribution in [2.75, 3.05) is 12.3 Å². The van der Waals surface area contributed by atoms with Crippen molar-refractivity contribution in [1.82, 2.24) is 10.2 Å². The first-order valence-electron chi connectivity index (χ1n) is 5.82. The normalized spacial score (nSPS) is 10.5. The highest BCUT2D eigenvalue weighted by atomic mass is 16.5. The van der Waals surface area contributed by atoms with Gasteiger partial charge in [-0.15, -0.1) is 0 Å². The van der Waals surface area contributed by atoms with Crippen LogP contribution in [0.4, 0.5) is 5.82 Å². The summed E-state index contributed by atoms with van der Waals surface area (Å²) in [5.41, 5.74) is 8.83. The molecule has 0 amide bonds. The lowest BCUT2D eigenvalue weighted by Gasteiger charge is -2.09. The van der Waals surface area contributed by atoms with Crippen molar-refractivity contribution in [3.8, 4) is 17.0 Å². The van der Waals surface area contributed by atoms with E-state index in [1.165, 1.54) is 0 Å². The Morgan fingerprint density at radius 3 is 2.76 bits per heavy atom. The lowest BCUT2D eigenvalue weighted by molar-refractivity contribution is 0.341. The summed E-state index contributed by atoms with van der Waals surface area (Å²) in [5.74, 6) is 1.42. The van der Waals surface area contributed by atoms with Crippen LogP contribution in [-0.4, -0.2) is 16.8 Å². The standard InChI is InChI=1S/C13H17N3O/c1-3-9-12(15-16-13(9)14)10-7-5-6-8-11(10)17-4-2/h5-8H,3-4H2,1-2H3,(H3,14,15,16). The largest absolute Gasteiger partial charge is 0.493 e. The van der Waals surface area contributed by atoms with Crippen molar-refractivity contribution in [3.63, 3.8) is 0 Å². The predicted octanol–water partition coefficient (Wildman–Crippen LogP) is 2.62. The smallest absolute Gasteiger partial charge is 0.149 e. The summed E-state index contributed by atoms with van der Waals surface area (Å²) in [6.07, 6.45) is 0.845. The minimum atomic E-state index is 0.564. The second-order valence-corrected chi connectivity index (χ2v) is 3.75. The number of rotatable bonds is 4. The molecule has 0 fully saturated rings. The van der Waals surface area contributed by atoms with Gasteiger partial charge in [0.15, 0.2) is 0 Å². The summed E-state index contributed by atoms with van der Waals surface area (Å²) < 4.78 is 5.61. The highest BCUT2D eigenvalue weighted by Crippen LogP contribution is 2.32. The third kappa shape index (κ3) is 2.11. The first kappa shape index (κ1) is 11.5. The second-order valence-electron chi connectivity index (χ2n) is 3.75. The summed E-state index contributed by atoms with van der Waals surface area (Å²) in [6, 6.07) is 7.90. The minimum absolute atomic E-state index is 0.564. The van der Waals surface area contributed by atoms with Gasteiger partial charge in [0, 0.05) is 11.1 Å². The Morgan fingerprint density at radius 1 is 1.29 bits per heavy atom. The van der Waals surface area contributed by atoms with Crippen LogP contribution in [0.1, 0.15) is 19.4 Å². The molecule has 1 aromatic carbocycles. The van der Waals surface area contributed by atoms with Gasteiger partial charge in [0.25, 0.3) is 0 Å². The van der Waals surface area contributed by atoms with E-state index in [9.17, 15) is 0 Å². The van der Waals surface area contributed by atoms with E-state index in [0.717, 1.165) is 29.0 Å². The van der Waals surface area contributed by atoms with Crippen LogP contribution in [0.15, 0.2) is 24.3 Å². The van der Waals surface area contributed by atoms with Crippen molar-refractivity contribution in [2.45, 2.75) is 20.3 Å². The zero-order chi connectivity index (χ0) is 12.3. The number of nitrogen functional groups attached to an aromatic ring is 1. The Balaban J connectivity index is 2.52. The number of ether oxygens (including phenoxy) is 1. The van der Waals surface area contributed by atoms with Gasteiger partial charge in [0.1, 0.15) is 11.6 Å². The fourth-order valence-electron chi connectivity index (χ4n) is 1.91. The molecular formula is C13H17N3O. The van der Waals surface area contributed by atoms with E-state index in [0.29, 0.717) is 12.4 Å². The number of nitrogens with two attached hydrogens (primary N) is 1. The van der Waals surface area contributed by atoms with Crippen molar-refractivity contribution >= 4 is 5.82 Å². The Bertz CT molecular complexity index is 505. The van der Waals surface area contributed by atoms with Gasteiger partial charge in [0.2, 0.25) is 0 Å². The summed E-state index contributed by atoms with van der Waals surface area (Å²) in [4.78, 5) is 0. The number of hydrogen-bond acceptors (Lipinski definition) is 3. The molecule has 1 aromatic heterocycles. The van der Waals surface area contributed by atoms with Crippen LogP contribution in [0.3, 0.4) is 0 Å². The zero-order valence-electron chi connectivity index (χ0n) is 10.2. The topological polar surface area (TPSA) is 63.9 Å². The number of H-pyrrole nitrogens is 1. The monoisotopic (exact) mass is 231 g/mol. The predicted molar refractivity (Wildman–Crippen MR) is 69.0 cm³/mol. The maximum absolute atomic E-state index is 5.83. The molecule has 90 valence electrons. The lowest BCUT2D eigenvalue weighted by atomic mass is 10.0. The van der Waals surface area contributed by atoms with E-state index in [4.69, 9.17) is 10.5 Å². The summed E-state index contributed by atoms with van der Waals surface area (Å²) in [7, 11) is 0. The van der Waals surface area contributed by atoms with Gasteiger partial charge >= 0.3 is 0 Å². The molecule has 0 saturated heterocycles. The lowest BCUT2D eigenvalue weighted by Crippen LogP contribution is -1.96. The van der Waals surface area contributed by atoms with Crippen molar-refractivity contribution in [1.29, 1.82) is 0 Å². The Morgan fingerprint density at radius 2 is 2.06 bits per heavy atom. The molecular weight excluding hydrogens is 214 g/mol. The van der Waals surface area contributed by atoms with Gasteiger partial charge in [-0.3, -0.25) is 5.10 Å². The van der Waals surface area contributed by atoms with Gasteiger partial charge in [-0.05, 0) is 25.5 Å². The maximum Gasteiger partial charge on any atom is 0.149 e. The Labute approximate surface area is 101 Å². The number of nitrogens with zero attached hydrogens (tertiary/aromatic N) is 1. The minimum Gasteiger partial charge on any atom is -0.493 e. The molecule has 0 aliphatic carbocycles. The van der Waals surface area contributed by atoms with Crippen LogP contribution in [0.5, 0.6) is 5.75 Å². The molecule has 0 atom stereocenters. The number of para-hydroxylation sites is 1. The molecule has 0 bridgehead atoms. The molecule has 0 spiro atoms. The molecule has 2 rings (SSSR count). The molecule has 0 radical (unpaired) electrons. The highest BCUT2D eigenvalue weighted by molar-refractivity contribution is 5.73. The molecule has 0 saturated carbocycles. The van der Waals surface area contributed by atoms with Crippen LogP contribution in [-0.2, 0) is 6.42 Å². The fourth-order valence-corrected chi connectivity index (χ4v) is 1.91. The number of hydrogen-bond donors (Lipinski definition) is 2. The van der Waals surface area contributed by atoms with Crippen LogP contribution >= 0.6 is 0 Å². The maximum atomic E-state index is 5.83. The number of anilines is 1. The van der Waals surface area contributed by atoms with E-state index in [1.807, 2.05) is 31.2 Å². The fraction of sp³-hybridized carbons (Fsp3) is 0.308. The van der Waals surface area contributed by atoms with Crippen LogP contribution < -0.4 is 10.5 Å². The van der Waals surface area contributed by atoms with Gasteiger partial charge in [0.05, 0.1) is 12.3 Å². The summed E-state index contributed by atoms with van der Waals surface area (Å²) >= 11 is 0. The third-order valence-electron chi connectivity index (χ3n) is 2.71. The average molecular weight is 231 g/mol. The quantitative estimate of drug-likeness (QED) is 0.850. The van der Waals surface area contributed by atoms with Crippen molar-refractivity contribution < 1.29 is 4.74 Å². The van der Waals surface area contributed by atoms with Gasteiger partial charge < -0.3 is 10.5 Å². The Kier molecular flexibility index (Phi) is 3.32. The van der Waals surface area contributed by atoms with Crippen molar-refractivity contribution in [2.24, 2.45) is 0 Å². The molecule has 3 N–H and O–H groups in total. The number of aromatic nitrogens is 2. The van der Waals surface area contributed by atoms with Gasteiger partial charge in [-0.25, -0.2) is 0 Å². The van der Waals surface area contributed by atoms with Crippen LogP contribution in [0.2, 0.25) is 0 Å². The van der Waals surface area contributed by atoms with Crippen LogP contribution in [0.25, 0.3) is 11.3 Å². The number of aromatic amines is 1. The first-order chi connectivity index (χ1) is 8.27. The number of nitrogens with one attached hydrogen (secondary N) is 1. The molecule has 4 nitrogen and oxygen atoms in total. The van der Waals surface area contributed by atoms with Crippen LogP contribution in [0, 0.1) is 0 Å². The van der Waals surface area contributed by atoms with E-state index < -0.39 is 0 Å². The zero-order valence-corrected chi connectivity index (χ0v) is 10.2. The number of benzene rings is 1. The molecule has 0 unspecified atom stereocenters. The molecule has 0 aliphatic rings. The summed E-state index contributed by atoms with van der Waals surface area (Å²) in [5, 5.41) is 7.05. The molecule has 4 heteroatoms. The first-order valence-corrected chi connectivity index (χ1v) is 5.82. The van der Waals surface area contributed by atoms with E-state index >= 15 is 0 Å². The van der Waals surface area contributed by atoms with Gasteiger partial charge in [-0.1, -0.05) is 19.1 Å². The van der Waals surface area contributed by atoms with Gasteiger partial charge in [-0.2, -0.15) is 5.10 Å². The summed E-state index contributed by atoms with van der Waals surface area (Å²) in [6.45, 7) is 4.68. The van der Waals surface area contributed by atoms with Crippen molar-refractivity contribution in [3.05, 3.63) is 29.8 Å².